The van der Waals surface area contributed by atoms with Gasteiger partial charge in [0.2, 0.25) is 11.8 Å². The first-order valence-electron chi connectivity index (χ1n) is 5.99. The first-order valence-corrected chi connectivity index (χ1v) is 5.99. The third-order valence-electron chi connectivity index (χ3n) is 2.99. The van der Waals surface area contributed by atoms with Crippen LogP contribution in [0.1, 0.15) is 13.3 Å². The predicted molar refractivity (Wildman–Crippen MR) is 68.6 cm³/mol. The number of aliphatic carboxylic acids is 1. The number of rotatable bonds is 4. The molecule has 0 unspecified atom stereocenters. The SMILES string of the molecule is CC(=O)Nc1ccc(F)c(NC(=O)[C@@H]2C[C@@H]2C(=O)O)c1. The van der Waals surface area contributed by atoms with Crippen molar-refractivity contribution in [2.45, 2.75) is 13.3 Å². The van der Waals surface area contributed by atoms with Crippen LogP contribution in [0.3, 0.4) is 0 Å². The molecule has 2 rings (SSSR count). The number of anilines is 2. The first kappa shape index (κ1) is 14.0. The lowest BCUT2D eigenvalue weighted by Crippen LogP contribution is -2.18. The minimum atomic E-state index is -1.03. The fourth-order valence-corrected chi connectivity index (χ4v) is 1.89. The Kier molecular flexibility index (Phi) is 3.69. The quantitative estimate of drug-likeness (QED) is 0.777. The highest BCUT2D eigenvalue weighted by Crippen LogP contribution is 2.39. The number of amides is 2. The number of hydrogen-bond donors (Lipinski definition) is 3. The standard InChI is InChI=1S/C13H13FN2O4/c1-6(17)15-7-2-3-10(14)11(4-7)16-12(18)8-5-9(8)13(19)20/h2-4,8-9H,5H2,1H3,(H,15,17)(H,16,18)(H,19,20)/t8-,9+/m1/s1. The van der Waals surface area contributed by atoms with E-state index in [0.717, 1.165) is 6.07 Å². The maximum atomic E-state index is 13.6. The van der Waals surface area contributed by atoms with E-state index in [4.69, 9.17) is 5.11 Å². The zero-order valence-electron chi connectivity index (χ0n) is 10.6. The highest BCUT2D eigenvalue weighted by molar-refractivity contribution is 5.99. The number of carbonyl (C=O) groups excluding carboxylic acids is 2. The molecule has 20 heavy (non-hydrogen) atoms. The fraction of sp³-hybridized carbons (Fsp3) is 0.308. The van der Waals surface area contributed by atoms with Crippen LogP contribution in [0.5, 0.6) is 0 Å². The van der Waals surface area contributed by atoms with Crippen molar-refractivity contribution in [1.82, 2.24) is 0 Å². The lowest BCUT2D eigenvalue weighted by Gasteiger charge is -2.08. The van der Waals surface area contributed by atoms with Crippen molar-refractivity contribution in [2.75, 3.05) is 10.6 Å². The molecule has 2 amide bonds. The maximum Gasteiger partial charge on any atom is 0.307 e. The smallest absolute Gasteiger partial charge is 0.307 e. The number of carboxylic acid groups (broad SMARTS) is 1. The van der Waals surface area contributed by atoms with Gasteiger partial charge in [0.25, 0.3) is 0 Å². The Morgan fingerprint density at radius 1 is 1.25 bits per heavy atom. The summed E-state index contributed by atoms with van der Waals surface area (Å²) < 4.78 is 13.6. The van der Waals surface area contributed by atoms with Crippen molar-refractivity contribution in [3.8, 4) is 0 Å². The average Bonchev–Trinajstić information content (AvgIpc) is 3.13. The van der Waals surface area contributed by atoms with E-state index in [-0.39, 0.29) is 18.0 Å². The topological polar surface area (TPSA) is 95.5 Å². The van der Waals surface area contributed by atoms with Gasteiger partial charge in [-0.15, -0.1) is 0 Å². The van der Waals surface area contributed by atoms with Gasteiger partial charge in [0, 0.05) is 12.6 Å². The van der Waals surface area contributed by atoms with Crippen molar-refractivity contribution in [1.29, 1.82) is 0 Å². The first-order chi connectivity index (χ1) is 9.38. The molecule has 0 aromatic heterocycles. The summed E-state index contributed by atoms with van der Waals surface area (Å²) >= 11 is 0. The Labute approximate surface area is 114 Å². The fourth-order valence-electron chi connectivity index (χ4n) is 1.89. The van der Waals surface area contributed by atoms with Crippen molar-refractivity contribution < 1.29 is 23.9 Å². The molecule has 0 aliphatic heterocycles. The Balaban J connectivity index is 2.07. The lowest BCUT2D eigenvalue weighted by atomic mass is 10.2. The van der Waals surface area contributed by atoms with Gasteiger partial charge in [0.15, 0.2) is 0 Å². The van der Waals surface area contributed by atoms with E-state index >= 15 is 0 Å². The third-order valence-corrected chi connectivity index (χ3v) is 2.99. The second-order valence-electron chi connectivity index (χ2n) is 4.65. The molecule has 1 fully saturated rings. The number of nitrogens with one attached hydrogen (secondary N) is 2. The molecule has 1 aliphatic rings. The summed E-state index contributed by atoms with van der Waals surface area (Å²) in [6, 6.07) is 3.76. The van der Waals surface area contributed by atoms with Crippen LogP contribution in [0.2, 0.25) is 0 Å². The molecule has 6 nitrogen and oxygen atoms in total. The summed E-state index contributed by atoms with van der Waals surface area (Å²) in [5.74, 6) is -3.86. The van der Waals surface area contributed by atoms with Crippen LogP contribution in [0.25, 0.3) is 0 Å². The van der Waals surface area contributed by atoms with Gasteiger partial charge in [0.05, 0.1) is 17.5 Å². The third kappa shape index (κ3) is 3.11. The summed E-state index contributed by atoms with van der Waals surface area (Å²) in [7, 11) is 0. The van der Waals surface area contributed by atoms with E-state index in [2.05, 4.69) is 10.6 Å². The van der Waals surface area contributed by atoms with Gasteiger partial charge in [0.1, 0.15) is 5.82 Å². The van der Waals surface area contributed by atoms with Crippen LogP contribution >= 0.6 is 0 Å². The Morgan fingerprint density at radius 2 is 1.95 bits per heavy atom. The molecular formula is C13H13FN2O4. The molecule has 1 aromatic rings. The molecule has 0 radical (unpaired) electrons. The van der Waals surface area contributed by atoms with Gasteiger partial charge in [-0.25, -0.2) is 4.39 Å². The minimum Gasteiger partial charge on any atom is -0.481 e. The van der Waals surface area contributed by atoms with E-state index in [9.17, 15) is 18.8 Å². The molecule has 2 atom stereocenters. The number of benzene rings is 1. The van der Waals surface area contributed by atoms with Gasteiger partial charge in [-0.3, -0.25) is 14.4 Å². The Bertz CT molecular complexity index is 588. The van der Waals surface area contributed by atoms with Gasteiger partial charge in [-0.05, 0) is 24.6 Å². The molecule has 3 N–H and O–H groups in total. The number of halogens is 1. The van der Waals surface area contributed by atoms with Crippen LogP contribution in [0.15, 0.2) is 18.2 Å². The number of carbonyl (C=O) groups is 3. The Hall–Kier alpha value is -2.44. The summed E-state index contributed by atoms with van der Waals surface area (Å²) in [5.41, 5.74) is 0.261. The van der Waals surface area contributed by atoms with Crippen LogP contribution < -0.4 is 10.6 Å². The van der Waals surface area contributed by atoms with Crippen LogP contribution in [-0.2, 0) is 14.4 Å². The van der Waals surface area contributed by atoms with Gasteiger partial charge in [-0.1, -0.05) is 0 Å². The second kappa shape index (κ2) is 5.28. The average molecular weight is 280 g/mol. The largest absolute Gasteiger partial charge is 0.481 e. The molecular weight excluding hydrogens is 267 g/mol. The minimum absolute atomic E-state index is 0.0858. The van der Waals surface area contributed by atoms with E-state index in [1.54, 1.807) is 0 Å². The molecule has 1 aliphatic carbocycles. The number of carboxylic acids is 1. The molecule has 0 spiro atoms. The monoisotopic (exact) mass is 280 g/mol. The molecule has 1 aromatic carbocycles. The Morgan fingerprint density at radius 3 is 2.50 bits per heavy atom. The molecule has 106 valence electrons. The molecule has 0 heterocycles. The van der Waals surface area contributed by atoms with Crippen molar-refractivity contribution in [2.24, 2.45) is 11.8 Å². The van der Waals surface area contributed by atoms with Crippen LogP contribution in [0, 0.1) is 17.7 Å². The number of hydrogen-bond acceptors (Lipinski definition) is 3. The summed E-state index contributed by atoms with van der Waals surface area (Å²) in [6.07, 6.45) is 0.258. The van der Waals surface area contributed by atoms with Crippen molar-refractivity contribution in [3.05, 3.63) is 24.0 Å². The van der Waals surface area contributed by atoms with E-state index in [1.165, 1.54) is 19.1 Å². The summed E-state index contributed by atoms with van der Waals surface area (Å²) in [4.78, 5) is 33.3. The highest BCUT2D eigenvalue weighted by atomic mass is 19.1. The molecule has 0 saturated heterocycles. The van der Waals surface area contributed by atoms with Crippen LogP contribution in [-0.4, -0.2) is 22.9 Å². The second-order valence-corrected chi connectivity index (χ2v) is 4.65. The molecule has 7 heteroatoms. The predicted octanol–water partition coefficient (Wildman–Crippen LogP) is 1.44. The van der Waals surface area contributed by atoms with Crippen LogP contribution in [0.4, 0.5) is 15.8 Å². The normalized spacial score (nSPS) is 20.1. The van der Waals surface area contributed by atoms with E-state index in [0.29, 0.717) is 5.69 Å². The van der Waals surface area contributed by atoms with Crippen molar-refractivity contribution >= 4 is 29.2 Å². The lowest BCUT2D eigenvalue weighted by molar-refractivity contribution is -0.139. The highest BCUT2D eigenvalue weighted by Gasteiger charge is 2.48. The van der Waals surface area contributed by atoms with E-state index < -0.39 is 29.5 Å². The molecule has 0 bridgehead atoms. The summed E-state index contributed by atoms with van der Waals surface area (Å²) in [6.45, 7) is 1.31. The van der Waals surface area contributed by atoms with Gasteiger partial charge >= 0.3 is 5.97 Å². The zero-order valence-corrected chi connectivity index (χ0v) is 10.6. The van der Waals surface area contributed by atoms with Crippen molar-refractivity contribution in [3.63, 3.8) is 0 Å². The van der Waals surface area contributed by atoms with Gasteiger partial charge < -0.3 is 15.7 Å². The summed E-state index contributed by atoms with van der Waals surface area (Å²) in [5, 5.41) is 13.5. The van der Waals surface area contributed by atoms with Gasteiger partial charge in [-0.2, -0.15) is 0 Å². The molecule has 1 saturated carbocycles. The van der Waals surface area contributed by atoms with E-state index in [1.807, 2.05) is 0 Å². The maximum absolute atomic E-state index is 13.6. The zero-order chi connectivity index (χ0) is 14.9.